The number of halogens is 1. The van der Waals surface area contributed by atoms with Crippen LogP contribution in [0.15, 0.2) is 60.7 Å². The molecule has 0 unspecified atom stereocenters. The Kier molecular flexibility index (Phi) is 4.74. The van der Waals surface area contributed by atoms with Crippen molar-refractivity contribution >= 4 is 15.9 Å². The van der Waals surface area contributed by atoms with Gasteiger partial charge in [0.05, 0.1) is 0 Å². The highest BCUT2D eigenvalue weighted by molar-refractivity contribution is 9.09. The van der Waals surface area contributed by atoms with Gasteiger partial charge in [0.25, 0.3) is 0 Å². The van der Waals surface area contributed by atoms with Crippen LogP contribution in [-0.2, 0) is 9.78 Å². The van der Waals surface area contributed by atoms with E-state index in [9.17, 15) is 0 Å². The van der Waals surface area contributed by atoms with Gasteiger partial charge in [-0.1, -0.05) is 76.6 Å². The van der Waals surface area contributed by atoms with Gasteiger partial charge < -0.3 is 0 Å². The molecule has 17 heavy (non-hydrogen) atoms. The molecule has 0 spiro atoms. The Morgan fingerprint density at radius 3 is 1.71 bits per heavy atom. The molecule has 2 nitrogen and oxygen atoms in total. The third-order valence-electron chi connectivity index (χ3n) is 2.41. The summed E-state index contributed by atoms with van der Waals surface area (Å²) in [6.45, 7) is 0. The first-order chi connectivity index (χ1) is 8.42. The number of rotatable bonds is 5. The van der Waals surface area contributed by atoms with Crippen molar-refractivity contribution < 1.29 is 9.78 Å². The van der Waals surface area contributed by atoms with Crippen LogP contribution in [0.25, 0.3) is 0 Å². The Hall–Kier alpha value is -1.16. The maximum Gasteiger partial charge on any atom is 0.143 e. The molecule has 0 atom stereocenters. The minimum absolute atomic E-state index is 0.199. The van der Waals surface area contributed by atoms with Crippen LogP contribution in [0.3, 0.4) is 0 Å². The monoisotopic (exact) mass is 292 g/mol. The van der Waals surface area contributed by atoms with E-state index < -0.39 is 0 Å². The molecule has 0 bridgehead atoms. The number of hydrogen-bond acceptors (Lipinski definition) is 2. The average molecular weight is 293 g/mol. The number of benzene rings is 2. The molecule has 0 N–H and O–H groups in total. The van der Waals surface area contributed by atoms with Crippen molar-refractivity contribution in [2.75, 3.05) is 5.52 Å². The second kappa shape index (κ2) is 6.55. The van der Waals surface area contributed by atoms with Gasteiger partial charge in [-0.25, -0.2) is 9.78 Å². The van der Waals surface area contributed by atoms with Crippen molar-refractivity contribution in [3.63, 3.8) is 0 Å². The molecule has 0 heterocycles. The van der Waals surface area contributed by atoms with Crippen LogP contribution in [0.1, 0.15) is 17.2 Å². The van der Waals surface area contributed by atoms with E-state index in [1.165, 1.54) is 0 Å². The maximum atomic E-state index is 5.42. The van der Waals surface area contributed by atoms with Gasteiger partial charge in [0.1, 0.15) is 11.6 Å². The lowest BCUT2D eigenvalue weighted by molar-refractivity contribution is -0.302. The lowest BCUT2D eigenvalue weighted by atomic mass is 10.0. The molecule has 0 aliphatic heterocycles. The maximum absolute atomic E-state index is 5.42. The lowest BCUT2D eigenvalue weighted by Gasteiger charge is -2.16. The van der Waals surface area contributed by atoms with Crippen LogP contribution in [-0.4, -0.2) is 5.52 Å². The first kappa shape index (κ1) is 12.3. The summed E-state index contributed by atoms with van der Waals surface area (Å²) in [6, 6.07) is 20.0. The van der Waals surface area contributed by atoms with Gasteiger partial charge in [-0.05, 0) is 11.1 Å². The van der Waals surface area contributed by atoms with Gasteiger partial charge in [-0.3, -0.25) is 0 Å². The normalized spacial score (nSPS) is 10.7. The van der Waals surface area contributed by atoms with E-state index in [2.05, 4.69) is 15.9 Å². The highest BCUT2D eigenvalue weighted by atomic mass is 79.9. The Bertz CT molecular complexity index is 391. The zero-order valence-corrected chi connectivity index (χ0v) is 10.8. The highest BCUT2D eigenvalue weighted by Crippen LogP contribution is 2.25. The van der Waals surface area contributed by atoms with E-state index in [1.54, 1.807) is 0 Å². The smallest absolute Gasteiger partial charge is 0.143 e. The summed E-state index contributed by atoms with van der Waals surface area (Å²) >= 11 is 3.18. The van der Waals surface area contributed by atoms with E-state index >= 15 is 0 Å². The molecule has 0 aliphatic carbocycles. The molecule has 2 aromatic carbocycles. The average Bonchev–Trinajstić information content (AvgIpc) is 2.42. The number of hydrogen-bond donors (Lipinski definition) is 0. The quantitative estimate of drug-likeness (QED) is 0.470. The summed E-state index contributed by atoms with van der Waals surface area (Å²) < 4.78 is 0. The van der Waals surface area contributed by atoms with Gasteiger partial charge in [0.2, 0.25) is 0 Å². The van der Waals surface area contributed by atoms with Crippen molar-refractivity contribution in [2.24, 2.45) is 0 Å². The SMILES string of the molecule is BrCOOC(c1ccccc1)c1ccccc1. The Morgan fingerprint density at radius 1 is 0.824 bits per heavy atom. The highest BCUT2D eigenvalue weighted by Gasteiger charge is 2.15. The summed E-state index contributed by atoms with van der Waals surface area (Å²) in [5.74, 6) is 0. The van der Waals surface area contributed by atoms with Crippen molar-refractivity contribution in [2.45, 2.75) is 6.10 Å². The van der Waals surface area contributed by atoms with Gasteiger partial charge in [0, 0.05) is 0 Å². The van der Waals surface area contributed by atoms with Gasteiger partial charge in [-0.2, -0.15) is 0 Å². The lowest BCUT2D eigenvalue weighted by Crippen LogP contribution is -2.06. The predicted octanol–water partition coefficient (Wildman–Crippen LogP) is 4.08. The molecule has 0 saturated carbocycles. The molecule has 0 radical (unpaired) electrons. The van der Waals surface area contributed by atoms with Gasteiger partial charge in [-0.15, -0.1) is 0 Å². The Labute approximate surface area is 109 Å². The Morgan fingerprint density at radius 2 is 1.29 bits per heavy atom. The van der Waals surface area contributed by atoms with E-state index in [0.717, 1.165) is 11.1 Å². The third-order valence-corrected chi connectivity index (χ3v) is 2.60. The van der Waals surface area contributed by atoms with Crippen LogP contribution >= 0.6 is 15.9 Å². The molecule has 0 amide bonds. The van der Waals surface area contributed by atoms with Gasteiger partial charge in [0.15, 0.2) is 0 Å². The zero-order chi connectivity index (χ0) is 11.9. The predicted molar refractivity (Wildman–Crippen MR) is 70.7 cm³/mol. The molecule has 0 fully saturated rings. The fourth-order valence-electron chi connectivity index (χ4n) is 1.65. The molecule has 0 aliphatic rings. The fraction of sp³-hybridized carbons (Fsp3) is 0.143. The van der Waals surface area contributed by atoms with E-state index in [4.69, 9.17) is 9.78 Å². The topological polar surface area (TPSA) is 18.5 Å². The van der Waals surface area contributed by atoms with Crippen LogP contribution in [0.5, 0.6) is 0 Å². The second-order valence-electron chi connectivity index (χ2n) is 3.52. The van der Waals surface area contributed by atoms with Crippen molar-refractivity contribution in [3.05, 3.63) is 71.8 Å². The molecule has 88 valence electrons. The van der Waals surface area contributed by atoms with E-state index in [-0.39, 0.29) is 6.10 Å². The van der Waals surface area contributed by atoms with Crippen molar-refractivity contribution in [3.8, 4) is 0 Å². The summed E-state index contributed by atoms with van der Waals surface area (Å²) in [4.78, 5) is 10.4. The first-order valence-electron chi connectivity index (χ1n) is 5.36. The fourth-order valence-corrected chi connectivity index (χ4v) is 1.76. The minimum Gasteiger partial charge on any atom is -0.224 e. The van der Waals surface area contributed by atoms with Crippen molar-refractivity contribution in [1.29, 1.82) is 0 Å². The Balaban J connectivity index is 2.26. The summed E-state index contributed by atoms with van der Waals surface area (Å²) in [5.41, 5.74) is 2.49. The summed E-state index contributed by atoms with van der Waals surface area (Å²) in [5, 5.41) is 0. The molecule has 3 heteroatoms. The number of alkyl halides is 1. The molecule has 0 saturated heterocycles. The minimum atomic E-state index is -0.199. The largest absolute Gasteiger partial charge is 0.224 e. The third kappa shape index (κ3) is 3.40. The standard InChI is InChI=1S/C14H13BrO2/c15-11-16-17-14(12-7-3-1-4-8-12)13-9-5-2-6-10-13/h1-10,14H,11H2. The first-order valence-corrected chi connectivity index (χ1v) is 6.48. The summed E-state index contributed by atoms with van der Waals surface area (Å²) in [7, 11) is 0. The van der Waals surface area contributed by atoms with Crippen LogP contribution in [0, 0.1) is 0 Å². The van der Waals surface area contributed by atoms with Crippen LogP contribution in [0.4, 0.5) is 0 Å². The van der Waals surface area contributed by atoms with Gasteiger partial charge >= 0.3 is 0 Å². The second-order valence-corrected chi connectivity index (χ2v) is 3.98. The molecule has 0 aromatic heterocycles. The van der Waals surface area contributed by atoms with Crippen molar-refractivity contribution in [1.82, 2.24) is 0 Å². The zero-order valence-electron chi connectivity index (χ0n) is 9.25. The molecular weight excluding hydrogens is 280 g/mol. The van der Waals surface area contributed by atoms with E-state index in [0.29, 0.717) is 5.52 Å². The molecule has 2 rings (SSSR count). The molecular formula is C14H13BrO2. The van der Waals surface area contributed by atoms with Crippen LogP contribution in [0.2, 0.25) is 0 Å². The van der Waals surface area contributed by atoms with Crippen LogP contribution < -0.4 is 0 Å². The molecule has 2 aromatic rings. The van der Waals surface area contributed by atoms with E-state index in [1.807, 2.05) is 60.7 Å². The summed E-state index contributed by atoms with van der Waals surface area (Å²) in [6.07, 6.45) is -0.199.